The summed E-state index contributed by atoms with van der Waals surface area (Å²) in [5.41, 5.74) is 1.41. The quantitative estimate of drug-likeness (QED) is 0.631. The van der Waals surface area contributed by atoms with Crippen LogP contribution in [0, 0.1) is 0 Å². The molecule has 1 rings (SSSR count). The van der Waals surface area contributed by atoms with Crippen molar-refractivity contribution < 1.29 is 4.99 Å². The Morgan fingerprint density at radius 3 is 2.64 bits per heavy atom. The van der Waals surface area contributed by atoms with Crippen molar-refractivity contribution in [3.05, 3.63) is 10.2 Å². The predicted molar refractivity (Wildman–Crippen MR) is 51.1 cm³/mol. The lowest BCUT2D eigenvalue weighted by atomic mass is 10.3. The van der Waals surface area contributed by atoms with Gasteiger partial charge in [0, 0.05) is 7.05 Å². The normalized spacial score (nSPS) is 12.1. The van der Waals surface area contributed by atoms with E-state index < -0.39 is 0 Å². The van der Waals surface area contributed by atoms with Gasteiger partial charge in [-0.15, -0.1) is 0 Å². The fourth-order valence-electron chi connectivity index (χ4n) is 0.993. The molecule has 0 aliphatic carbocycles. The lowest BCUT2D eigenvalue weighted by molar-refractivity contribution is -0.462. The van der Waals surface area contributed by atoms with Crippen LogP contribution in [-0.2, 0) is 6.42 Å². The molecule has 0 saturated heterocycles. The highest BCUT2D eigenvalue weighted by Crippen LogP contribution is 2.21. The molecule has 0 aliphatic heterocycles. The maximum absolute atomic E-state index is 3.19. The SMILES string of the molecule is CCc1c(NC)ssc1=[NH+]C. The Kier molecular flexibility index (Phi) is 3.08. The van der Waals surface area contributed by atoms with E-state index >= 15 is 0 Å². The highest BCUT2D eigenvalue weighted by atomic mass is 32.9. The van der Waals surface area contributed by atoms with E-state index in [9.17, 15) is 0 Å². The predicted octanol–water partition coefficient (Wildman–Crippen LogP) is 0.0248. The molecule has 0 aliphatic rings. The Morgan fingerprint density at radius 2 is 2.18 bits per heavy atom. The molecule has 0 aromatic carbocycles. The Hall–Kier alpha value is -0.350. The van der Waals surface area contributed by atoms with Gasteiger partial charge >= 0.3 is 0 Å². The first kappa shape index (κ1) is 8.74. The minimum atomic E-state index is 1.09. The van der Waals surface area contributed by atoms with Crippen molar-refractivity contribution in [3.63, 3.8) is 0 Å². The second-order valence-corrected chi connectivity index (χ2v) is 4.31. The molecule has 1 aromatic rings. The molecule has 2 nitrogen and oxygen atoms in total. The fraction of sp³-hybridized carbons (Fsp3) is 0.571. The van der Waals surface area contributed by atoms with E-state index in [1.165, 1.54) is 15.2 Å². The smallest absolute Gasteiger partial charge is 0.270 e. The van der Waals surface area contributed by atoms with Crippen LogP contribution in [0.2, 0.25) is 0 Å². The number of hydrogen-bond donors (Lipinski definition) is 2. The fourth-order valence-corrected chi connectivity index (χ4v) is 3.69. The summed E-state index contributed by atoms with van der Waals surface area (Å²) >= 11 is 0. The van der Waals surface area contributed by atoms with Crippen molar-refractivity contribution in [2.75, 3.05) is 19.4 Å². The molecular weight excluding hydrogens is 176 g/mol. The minimum Gasteiger partial charge on any atom is -0.379 e. The Balaban J connectivity index is 3.21. The highest BCUT2D eigenvalue weighted by molar-refractivity contribution is 7.70. The molecule has 0 saturated carbocycles. The maximum atomic E-state index is 3.19. The number of hydrogen-bond acceptors (Lipinski definition) is 3. The van der Waals surface area contributed by atoms with Crippen molar-refractivity contribution in [3.8, 4) is 0 Å². The Morgan fingerprint density at radius 1 is 1.45 bits per heavy atom. The van der Waals surface area contributed by atoms with Gasteiger partial charge in [0.25, 0.3) is 4.67 Å². The van der Waals surface area contributed by atoms with E-state index in [1.54, 1.807) is 20.7 Å². The van der Waals surface area contributed by atoms with Crippen LogP contribution in [0.25, 0.3) is 0 Å². The second-order valence-electron chi connectivity index (χ2n) is 2.16. The maximum Gasteiger partial charge on any atom is 0.270 e. The van der Waals surface area contributed by atoms with Gasteiger partial charge in [0.2, 0.25) is 0 Å². The van der Waals surface area contributed by atoms with E-state index in [1.807, 2.05) is 14.1 Å². The van der Waals surface area contributed by atoms with Crippen molar-refractivity contribution in [2.24, 2.45) is 0 Å². The summed E-state index contributed by atoms with van der Waals surface area (Å²) in [5.74, 6) is 0. The van der Waals surface area contributed by atoms with E-state index in [2.05, 4.69) is 17.2 Å². The van der Waals surface area contributed by atoms with E-state index in [0.717, 1.165) is 6.42 Å². The van der Waals surface area contributed by atoms with Gasteiger partial charge in [0.1, 0.15) is 12.0 Å². The highest BCUT2D eigenvalue weighted by Gasteiger charge is 2.07. The molecule has 11 heavy (non-hydrogen) atoms. The largest absolute Gasteiger partial charge is 0.379 e. The van der Waals surface area contributed by atoms with E-state index in [0.29, 0.717) is 0 Å². The van der Waals surface area contributed by atoms with Crippen LogP contribution in [0.5, 0.6) is 0 Å². The molecule has 0 atom stereocenters. The summed E-state index contributed by atoms with van der Waals surface area (Å²) in [4.78, 5) is 3.19. The second kappa shape index (κ2) is 3.88. The van der Waals surface area contributed by atoms with Crippen LogP contribution in [0.15, 0.2) is 0 Å². The van der Waals surface area contributed by atoms with E-state index in [-0.39, 0.29) is 0 Å². The molecular formula is C7H13N2S2+. The van der Waals surface area contributed by atoms with Gasteiger partial charge in [0.15, 0.2) is 0 Å². The number of rotatable bonds is 2. The molecule has 0 amide bonds. The third-order valence-electron chi connectivity index (χ3n) is 1.56. The summed E-state index contributed by atoms with van der Waals surface area (Å²) in [6.07, 6.45) is 1.09. The minimum absolute atomic E-state index is 1.09. The third-order valence-corrected chi connectivity index (χ3v) is 4.13. The molecule has 62 valence electrons. The number of nitrogens with one attached hydrogen (secondary N) is 2. The topological polar surface area (TPSA) is 26.0 Å². The van der Waals surface area contributed by atoms with Crippen LogP contribution < -0.4 is 15.0 Å². The average Bonchev–Trinajstić information content (AvgIpc) is 2.45. The molecule has 2 N–H and O–H groups in total. The molecule has 1 heterocycles. The van der Waals surface area contributed by atoms with Crippen molar-refractivity contribution in [1.82, 2.24) is 0 Å². The average molecular weight is 189 g/mol. The molecule has 0 unspecified atom stereocenters. The summed E-state index contributed by atoms with van der Waals surface area (Å²) in [6.45, 7) is 2.18. The lowest BCUT2D eigenvalue weighted by Gasteiger charge is -1.94. The van der Waals surface area contributed by atoms with Gasteiger partial charge in [-0.25, -0.2) is 4.99 Å². The van der Waals surface area contributed by atoms with Gasteiger partial charge in [0.05, 0.1) is 5.56 Å². The van der Waals surface area contributed by atoms with Crippen molar-refractivity contribution >= 4 is 25.7 Å². The van der Waals surface area contributed by atoms with Crippen LogP contribution >= 0.6 is 20.7 Å². The standard InChI is InChI=1S/C7H12N2S2/c1-4-5-6(8-2)10-11-7(5)9-3/h8H,4H2,1-3H3/p+1. The zero-order chi connectivity index (χ0) is 8.27. The van der Waals surface area contributed by atoms with Crippen LogP contribution in [-0.4, -0.2) is 14.1 Å². The molecule has 4 heteroatoms. The summed E-state index contributed by atoms with van der Waals surface area (Å²) in [6, 6.07) is 0. The zero-order valence-electron chi connectivity index (χ0n) is 7.02. The third kappa shape index (κ3) is 1.62. The molecule has 0 spiro atoms. The van der Waals surface area contributed by atoms with Crippen molar-refractivity contribution in [2.45, 2.75) is 13.3 Å². The van der Waals surface area contributed by atoms with Gasteiger partial charge in [-0.3, -0.25) is 0 Å². The van der Waals surface area contributed by atoms with Crippen LogP contribution in [0.1, 0.15) is 12.5 Å². The van der Waals surface area contributed by atoms with Gasteiger partial charge in [-0.2, -0.15) is 0 Å². The molecule has 1 aromatic heterocycles. The van der Waals surface area contributed by atoms with Gasteiger partial charge in [-0.05, 0) is 16.8 Å². The summed E-state index contributed by atoms with van der Waals surface area (Å²) < 4.78 is 1.29. The Labute approximate surface area is 74.0 Å². The number of anilines is 1. The van der Waals surface area contributed by atoms with Crippen LogP contribution in [0.4, 0.5) is 5.00 Å². The summed E-state index contributed by atoms with van der Waals surface area (Å²) in [7, 11) is 7.53. The van der Waals surface area contributed by atoms with Gasteiger partial charge in [-0.1, -0.05) is 17.3 Å². The Bertz CT molecular complexity index is 285. The lowest BCUT2D eigenvalue weighted by Crippen LogP contribution is -2.71. The summed E-state index contributed by atoms with van der Waals surface area (Å²) in [5, 5.41) is 4.48. The first-order valence-corrected chi connectivity index (χ1v) is 5.79. The van der Waals surface area contributed by atoms with Crippen molar-refractivity contribution in [1.29, 1.82) is 0 Å². The first-order chi connectivity index (χ1) is 5.33. The monoisotopic (exact) mass is 189 g/mol. The first-order valence-electron chi connectivity index (χ1n) is 3.64. The molecule has 0 radical (unpaired) electrons. The van der Waals surface area contributed by atoms with Crippen LogP contribution in [0.3, 0.4) is 0 Å². The van der Waals surface area contributed by atoms with Gasteiger partial charge < -0.3 is 5.32 Å². The van der Waals surface area contributed by atoms with E-state index in [4.69, 9.17) is 0 Å². The molecule has 0 bridgehead atoms. The zero-order valence-corrected chi connectivity index (χ0v) is 8.66. The molecule has 0 fully saturated rings.